The smallest absolute Gasteiger partial charge is 0.243 e. The average molecular weight is 449 g/mol. The number of amides is 1. The van der Waals surface area contributed by atoms with Gasteiger partial charge in [-0.05, 0) is 68.1 Å². The van der Waals surface area contributed by atoms with Gasteiger partial charge in [-0.3, -0.25) is 9.10 Å². The summed E-state index contributed by atoms with van der Waals surface area (Å²) in [5, 5.41) is 2.89. The second-order valence-electron chi connectivity index (χ2n) is 7.15. The van der Waals surface area contributed by atoms with Gasteiger partial charge in [0.25, 0.3) is 0 Å². The summed E-state index contributed by atoms with van der Waals surface area (Å²) >= 11 is 0. The quantitative estimate of drug-likeness (QED) is 0.503. The van der Waals surface area contributed by atoms with Crippen LogP contribution in [0.1, 0.15) is 32.3 Å². The predicted molar refractivity (Wildman–Crippen MR) is 123 cm³/mol. The SMILES string of the molecule is CCOc1ccc(N([C@@H](CC)C(=O)NCCCc2ccc(OC)cc2)S(C)(=O)=O)cc1. The average Bonchev–Trinajstić information content (AvgIpc) is 2.75. The molecule has 170 valence electrons. The van der Waals surface area contributed by atoms with E-state index in [0.717, 1.165) is 30.4 Å². The van der Waals surface area contributed by atoms with E-state index in [9.17, 15) is 13.2 Å². The standard InChI is InChI=1S/C23H32N2O5S/c1-5-22(23(26)24-17-7-8-18-9-13-20(29-3)14-10-18)25(31(4,27)28)19-11-15-21(16-12-19)30-6-2/h9-16,22H,5-8,17H2,1-4H3,(H,24,26)/t22-/m0/s1. The topological polar surface area (TPSA) is 84.9 Å². The Bertz CT molecular complexity index is 927. The molecular weight excluding hydrogens is 416 g/mol. The van der Waals surface area contributed by atoms with Crippen molar-refractivity contribution in [2.45, 2.75) is 39.2 Å². The Hall–Kier alpha value is -2.74. The van der Waals surface area contributed by atoms with E-state index in [4.69, 9.17) is 9.47 Å². The molecule has 2 aromatic rings. The fraction of sp³-hybridized carbons (Fsp3) is 0.435. The van der Waals surface area contributed by atoms with Crippen LogP contribution >= 0.6 is 0 Å². The summed E-state index contributed by atoms with van der Waals surface area (Å²) in [6.07, 6.45) is 3.01. The molecule has 7 nitrogen and oxygen atoms in total. The van der Waals surface area contributed by atoms with Crippen LogP contribution < -0.4 is 19.1 Å². The molecule has 1 N–H and O–H groups in total. The van der Waals surface area contributed by atoms with Gasteiger partial charge in [-0.25, -0.2) is 8.42 Å². The fourth-order valence-electron chi connectivity index (χ4n) is 3.33. The highest BCUT2D eigenvalue weighted by Crippen LogP contribution is 2.25. The highest BCUT2D eigenvalue weighted by Gasteiger charge is 2.31. The normalized spacial score (nSPS) is 12.1. The molecule has 1 amide bonds. The van der Waals surface area contributed by atoms with Gasteiger partial charge in [0.2, 0.25) is 15.9 Å². The van der Waals surface area contributed by atoms with Crippen molar-refractivity contribution >= 4 is 21.6 Å². The van der Waals surface area contributed by atoms with E-state index in [0.29, 0.717) is 31.0 Å². The van der Waals surface area contributed by atoms with Gasteiger partial charge in [0.05, 0.1) is 25.7 Å². The molecule has 0 fully saturated rings. The molecule has 0 aliphatic rings. The lowest BCUT2D eigenvalue weighted by Crippen LogP contribution is -2.49. The van der Waals surface area contributed by atoms with Crippen molar-refractivity contribution in [2.24, 2.45) is 0 Å². The lowest BCUT2D eigenvalue weighted by atomic mass is 10.1. The third kappa shape index (κ3) is 7.17. The molecule has 0 spiro atoms. The van der Waals surface area contributed by atoms with Crippen LogP contribution in [0.2, 0.25) is 0 Å². The summed E-state index contributed by atoms with van der Waals surface area (Å²) in [5.41, 5.74) is 1.58. The molecule has 0 heterocycles. The zero-order chi connectivity index (χ0) is 22.9. The van der Waals surface area contributed by atoms with Crippen LogP contribution in [0.5, 0.6) is 11.5 Å². The number of hydrogen-bond donors (Lipinski definition) is 1. The zero-order valence-corrected chi connectivity index (χ0v) is 19.4. The summed E-state index contributed by atoms with van der Waals surface area (Å²) in [5.74, 6) is 1.14. The highest BCUT2D eigenvalue weighted by atomic mass is 32.2. The molecular formula is C23H32N2O5S. The fourth-order valence-corrected chi connectivity index (χ4v) is 4.54. The van der Waals surface area contributed by atoms with E-state index < -0.39 is 16.1 Å². The lowest BCUT2D eigenvalue weighted by Gasteiger charge is -2.30. The Morgan fingerprint density at radius 2 is 1.65 bits per heavy atom. The van der Waals surface area contributed by atoms with Crippen LogP contribution in [-0.4, -0.2) is 46.9 Å². The summed E-state index contributed by atoms with van der Waals surface area (Å²) in [4.78, 5) is 12.8. The molecule has 0 saturated heterocycles. The third-order valence-electron chi connectivity index (χ3n) is 4.83. The Kier molecular flexibility index (Phi) is 9.18. The number of benzene rings is 2. The number of hydrogen-bond acceptors (Lipinski definition) is 5. The van der Waals surface area contributed by atoms with E-state index in [2.05, 4.69) is 5.32 Å². The van der Waals surface area contributed by atoms with E-state index in [1.165, 1.54) is 4.31 Å². The van der Waals surface area contributed by atoms with Gasteiger partial charge in [-0.1, -0.05) is 19.1 Å². The molecule has 1 atom stereocenters. The van der Waals surface area contributed by atoms with Gasteiger partial charge in [-0.2, -0.15) is 0 Å². The summed E-state index contributed by atoms with van der Waals surface area (Å²) in [7, 11) is -2.03. The van der Waals surface area contributed by atoms with Gasteiger partial charge < -0.3 is 14.8 Å². The molecule has 0 aliphatic carbocycles. The van der Waals surface area contributed by atoms with E-state index in [1.807, 2.05) is 31.2 Å². The maximum absolute atomic E-state index is 12.8. The molecule has 0 aliphatic heterocycles. The number of nitrogens with zero attached hydrogens (tertiary/aromatic N) is 1. The monoisotopic (exact) mass is 448 g/mol. The second kappa shape index (κ2) is 11.6. The van der Waals surface area contributed by atoms with Crippen molar-refractivity contribution in [3.8, 4) is 11.5 Å². The molecule has 0 saturated carbocycles. The number of carbonyl (C=O) groups is 1. The van der Waals surface area contributed by atoms with Gasteiger partial charge in [0, 0.05) is 6.54 Å². The number of carbonyl (C=O) groups excluding carboxylic acids is 1. The van der Waals surface area contributed by atoms with Crippen molar-refractivity contribution in [2.75, 3.05) is 30.8 Å². The Morgan fingerprint density at radius 3 is 2.16 bits per heavy atom. The largest absolute Gasteiger partial charge is 0.497 e. The van der Waals surface area contributed by atoms with Crippen molar-refractivity contribution in [1.29, 1.82) is 0 Å². The van der Waals surface area contributed by atoms with Crippen LogP contribution in [0.25, 0.3) is 0 Å². The molecule has 0 radical (unpaired) electrons. The lowest BCUT2D eigenvalue weighted by molar-refractivity contribution is -0.122. The van der Waals surface area contributed by atoms with Crippen LogP contribution in [0.15, 0.2) is 48.5 Å². The van der Waals surface area contributed by atoms with Crippen LogP contribution in [-0.2, 0) is 21.2 Å². The number of aryl methyl sites for hydroxylation is 1. The predicted octanol–water partition coefficient (Wildman–Crippen LogP) is 3.39. The first kappa shape index (κ1) is 24.5. The van der Waals surface area contributed by atoms with Crippen LogP contribution in [0, 0.1) is 0 Å². The summed E-state index contributed by atoms with van der Waals surface area (Å²) < 4.78 is 36.8. The number of rotatable bonds is 12. The minimum Gasteiger partial charge on any atom is -0.497 e. The van der Waals surface area contributed by atoms with Gasteiger partial charge >= 0.3 is 0 Å². The minimum atomic E-state index is -3.66. The number of sulfonamides is 1. The third-order valence-corrected chi connectivity index (χ3v) is 6.01. The summed E-state index contributed by atoms with van der Waals surface area (Å²) in [6.45, 7) is 4.66. The molecule has 0 aromatic heterocycles. The van der Waals surface area contributed by atoms with E-state index in [-0.39, 0.29) is 5.91 Å². The van der Waals surface area contributed by atoms with Crippen LogP contribution in [0.4, 0.5) is 5.69 Å². The van der Waals surface area contributed by atoms with Crippen molar-refractivity contribution in [3.05, 3.63) is 54.1 Å². The van der Waals surface area contributed by atoms with Gasteiger partial charge in [-0.15, -0.1) is 0 Å². The molecule has 0 bridgehead atoms. The van der Waals surface area contributed by atoms with Crippen molar-refractivity contribution < 1.29 is 22.7 Å². The first-order valence-electron chi connectivity index (χ1n) is 10.4. The number of methoxy groups -OCH3 is 1. The Balaban J connectivity index is 2.02. The Labute approximate surface area is 185 Å². The highest BCUT2D eigenvalue weighted by molar-refractivity contribution is 7.92. The maximum atomic E-state index is 12.8. The minimum absolute atomic E-state index is 0.309. The first-order valence-corrected chi connectivity index (χ1v) is 12.3. The van der Waals surface area contributed by atoms with E-state index in [1.54, 1.807) is 38.3 Å². The second-order valence-corrected chi connectivity index (χ2v) is 9.01. The number of anilines is 1. The van der Waals surface area contributed by atoms with E-state index >= 15 is 0 Å². The Morgan fingerprint density at radius 1 is 1.03 bits per heavy atom. The van der Waals surface area contributed by atoms with Gasteiger partial charge in [0.15, 0.2) is 0 Å². The molecule has 2 aromatic carbocycles. The number of nitrogens with one attached hydrogen (secondary N) is 1. The number of ether oxygens (including phenoxy) is 2. The molecule has 2 rings (SSSR count). The maximum Gasteiger partial charge on any atom is 0.243 e. The van der Waals surface area contributed by atoms with Crippen molar-refractivity contribution in [1.82, 2.24) is 5.32 Å². The molecule has 8 heteroatoms. The zero-order valence-electron chi connectivity index (χ0n) is 18.6. The van der Waals surface area contributed by atoms with Crippen molar-refractivity contribution in [3.63, 3.8) is 0 Å². The molecule has 31 heavy (non-hydrogen) atoms. The summed E-state index contributed by atoms with van der Waals surface area (Å²) in [6, 6.07) is 13.7. The van der Waals surface area contributed by atoms with Gasteiger partial charge in [0.1, 0.15) is 17.5 Å². The first-order chi connectivity index (χ1) is 14.8. The molecule has 0 unspecified atom stereocenters. The van der Waals surface area contributed by atoms with Crippen LogP contribution in [0.3, 0.4) is 0 Å².